The number of benzene rings is 1. The van der Waals surface area contributed by atoms with Crippen molar-refractivity contribution < 1.29 is 27.5 Å². The third kappa shape index (κ3) is 4.60. The Morgan fingerprint density at radius 1 is 1.21 bits per heavy atom. The van der Waals surface area contributed by atoms with Crippen LogP contribution in [-0.4, -0.2) is 48.7 Å². The van der Waals surface area contributed by atoms with Crippen molar-refractivity contribution in [1.82, 2.24) is 24.5 Å². The largest absolute Gasteiger partial charge is 0.573 e. The van der Waals surface area contributed by atoms with E-state index in [0.29, 0.717) is 17.2 Å². The molecule has 1 saturated carbocycles. The number of fused-ring (bicyclic) bond motifs is 2. The topological polar surface area (TPSA) is 128 Å². The molecule has 1 aliphatic carbocycles. The summed E-state index contributed by atoms with van der Waals surface area (Å²) in [5, 5.41) is 6.83. The number of alkyl halides is 3. The molecule has 2 aliphatic rings. The second-order valence-corrected chi connectivity index (χ2v) is 9.60. The molecule has 4 heterocycles. The van der Waals surface area contributed by atoms with Gasteiger partial charge in [0.15, 0.2) is 11.5 Å². The van der Waals surface area contributed by atoms with E-state index in [4.69, 9.17) is 5.73 Å². The quantitative estimate of drug-likeness (QED) is 0.376. The Kier molecular flexibility index (Phi) is 5.66. The molecule has 10 nitrogen and oxygen atoms in total. The molecule has 3 N–H and O–H groups in total. The molecule has 0 spiro atoms. The van der Waals surface area contributed by atoms with Gasteiger partial charge in [0.1, 0.15) is 11.3 Å². The fourth-order valence-electron chi connectivity index (χ4n) is 4.91. The first-order valence-corrected chi connectivity index (χ1v) is 12.2. The van der Waals surface area contributed by atoms with Crippen molar-refractivity contribution in [3.8, 4) is 17.0 Å². The van der Waals surface area contributed by atoms with Crippen molar-refractivity contribution in [3.05, 3.63) is 65.6 Å². The number of rotatable bonds is 6. The molecule has 1 aromatic carbocycles. The maximum atomic E-state index is 13.4. The van der Waals surface area contributed by atoms with E-state index < -0.39 is 23.9 Å². The van der Waals surface area contributed by atoms with Gasteiger partial charge in [-0.2, -0.15) is 0 Å². The third-order valence-electron chi connectivity index (χ3n) is 6.99. The minimum absolute atomic E-state index is 0.00111. The van der Waals surface area contributed by atoms with Crippen LogP contribution in [0.1, 0.15) is 46.0 Å². The number of pyridine rings is 1. The molecule has 4 aromatic rings. The molecule has 0 unspecified atom stereocenters. The van der Waals surface area contributed by atoms with Crippen LogP contribution < -0.4 is 15.8 Å². The van der Waals surface area contributed by atoms with Crippen LogP contribution in [0.5, 0.6) is 5.75 Å². The van der Waals surface area contributed by atoms with Crippen molar-refractivity contribution in [2.75, 3.05) is 11.1 Å². The SMILES string of the molecule is C[C@@H](C1CC1)N1Cc2cc(-c3ccn4nc(N)c(C(=O)Nc5ccncc5)c4n3)cc(OC(F)(F)F)c2C1=O. The molecule has 1 aliphatic heterocycles. The number of halogens is 3. The first kappa shape index (κ1) is 24.6. The van der Waals surface area contributed by atoms with Crippen LogP contribution >= 0.6 is 0 Å². The normalized spacial score (nSPS) is 15.9. The number of nitrogens with zero attached hydrogens (tertiary/aromatic N) is 5. The summed E-state index contributed by atoms with van der Waals surface area (Å²) in [5.41, 5.74) is 7.44. The van der Waals surface area contributed by atoms with E-state index in [1.54, 1.807) is 23.1 Å². The van der Waals surface area contributed by atoms with E-state index in [1.165, 1.54) is 29.2 Å². The van der Waals surface area contributed by atoms with Crippen molar-refractivity contribution in [1.29, 1.82) is 0 Å². The summed E-state index contributed by atoms with van der Waals surface area (Å²) in [6.07, 6.45) is 1.48. The van der Waals surface area contributed by atoms with Crippen LogP contribution in [0.25, 0.3) is 16.9 Å². The van der Waals surface area contributed by atoms with Gasteiger partial charge in [0.2, 0.25) is 0 Å². The molecule has 0 bridgehead atoms. The van der Waals surface area contributed by atoms with Gasteiger partial charge in [-0.3, -0.25) is 14.6 Å². The second kappa shape index (κ2) is 8.96. The van der Waals surface area contributed by atoms with Crippen molar-refractivity contribution in [3.63, 3.8) is 0 Å². The Balaban J connectivity index is 1.41. The minimum atomic E-state index is -5.00. The Bertz CT molecular complexity index is 1620. The Morgan fingerprint density at radius 2 is 1.95 bits per heavy atom. The van der Waals surface area contributed by atoms with Gasteiger partial charge in [-0.25, -0.2) is 9.50 Å². The van der Waals surface area contributed by atoms with E-state index in [9.17, 15) is 22.8 Å². The van der Waals surface area contributed by atoms with Crippen LogP contribution in [0.2, 0.25) is 0 Å². The van der Waals surface area contributed by atoms with Crippen LogP contribution in [0.15, 0.2) is 48.9 Å². The predicted molar refractivity (Wildman–Crippen MR) is 134 cm³/mol. The van der Waals surface area contributed by atoms with Gasteiger partial charge in [-0.05, 0) is 61.6 Å². The first-order chi connectivity index (χ1) is 18.6. The maximum Gasteiger partial charge on any atom is 0.573 e. The monoisotopic (exact) mass is 537 g/mol. The number of nitrogen functional groups attached to an aromatic ring is 1. The van der Waals surface area contributed by atoms with Gasteiger partial charge in [-0.1, -0.05) is 0 Å². The minimum Gasteiger partial charge on any atom is -0.405 e. The molecule has 2 amide bonds. The molecule has 3 aromatic heterocycles. The number of amides is 2. The highest BCUT2D eigenvalue weighted by atomic mass is 19.4. The van der Waals surface area contributed by atoms with Crippen LogP contribution in [0.4, 0.5) is 24.7 Å². The second-order valence-electron chi connectivity index (χ2n) is 9.60. The average Bonchev–Trinajstić information content (AvgIpc) is 3.60. The predicted octanol–water partition coefficient (Wildman–Crippen LogP) is 4.28. The van der Waals surface area contributed by atoms with E-state index in [-0.39, 0.29) is 46.4 Å². The summed E-state index contributed by atoms with van der Waals surface area (Å²) in [4.78, 5) is 36.2. The highest BCUT2D eigenvalue weighted by molar-refractivity contribution is 6.11. The molecule has 0 saturated heterocycles. The summed E-state index contributed by atoms with van der Waals surface area (Å²) >= 11 is 0. The number of ether oxygens (including phenoxy) is 1. The number of aromatic nitrogens is 4. The number of nitrogens with one attached hydrogen (secondary N) is 1. The lowest BCUT2D eigenvalue weighted by Crippen LogP contribution is -2.34. The lowest BCUT2D eigenvalue weighted by atomic mass is 10.0. The van der Waals surface area contributed by atoms with E-state index in [0.717, 1.165) is 18.9 Å². The number of hydrogen-bond acceptors (Lipinski definition) is 7. The lowest BCUT2D eigenvalue weighted by Gasteiger charge is -2.24. The maximum absolute atomic E-state index is 13.4. The molecule has 200 valence electrons. The molecule has 39 heavy (non-hydrogen) atoms. The van der Waals surface area contributed by atoms with Gasteiger partial charge in [0.25, 0.3) is 11.8 Å². The fraction of sp³-hybridized carbons (Fsp3) is 0.269. The average molecular weight is 538 g/mol. The van der Waals surface area contributed by atoms with Gasteiger partial charge in [0, 0.05) is 42.4 Å². The molecule has 13 heteroatoms. The Morgan fingerprint density at radius 3 is 2.64 bits per heavy atom. The number of carbonyl (C=O) groups excluding carboxylic acids is 2. The van der Waals surface area contributed by atoms with Crippen LogP contribution in [0, 0.1) is 5.92 Å². The molecule has 6 rings (SSSR count). The van der Waals surface area contributed by atoms with Gasteiger partial charge < -0.3 is 20.7 Å². The highest BCUT2D eigenvalue weighted by Crippen LogP contribution is 2.42. The van der Waals surface area contributed by atoms with E-state index >= 15 is 0 Å². The standard InChI is InChI=1S/C26H22F3N7O3/c1-13(14-2-3-14)35-12-16-10-15(11-19(20(16)25(35)38)39-26(27,28)29)18-6-9-36-23(33-18)21(22(30)34-36)24(37)32-17-4-7-31-8-5-17/h4-11,13-14H,2-3,12H2,1H3,(H2,30,34)(H,31,32,37)/t13-/m0/s1. The number of nitrogens with two attached hydrogens (primary N) is 1. The molecular weight excluding hydrogens is 515 g/mol. The summed E-state index contributed by atoms with van der Waals surface area (Å²) in [7, 11) is 0. The number of anilines is 2. The highest BCUT2D eigenvalue weighted by Gasteiger charge is 2.42. The molecule has 1 atom stereocenters. The van der Waals surface area contributed by atoms with E-state index in [2.05, 4.69) is 25.1 Å². The fourth-order valence-corrected chi connectivity index (χ4v) is 4.91. The third-order valence-corrected chi connectivity index (χ3v) is 6.99. The zero-order chi connectivity index (χ0) is 27.5. The molecular formula is C26H22F3N7O3. The van der Waals surface area contributed by atoms with Crippen LogP contribution in [-0.2, 0) is 6.54 Å². The Hall–Kier alpha value is -4.68. The zero-order valence-electron chi connectivity index (χ0n) is 20.6. The van der Waals surface area contributed by atoms with Gasteiger partial charge in [0.05, 0.1) is 11.3 Å². The summed E-state index contributed by atoms with van der Waals surface area (Å²) in [6, 6.07) is 7.40. The summed E-state index contributed by atoms with van der Waals surface area (Å²) < 4.78 is 45.7. The summed E-state index contributed by atoms with van der Waals surface area (Å²) in [5.74, 6) is -1.38. The van der Waals surface area contributed by atoms with Crippen molar-refractivity contribution in [2.45, 2.75) is 38.7 Å². The van der Waals surface area contributed by atoms with Crippen molar-refractivity contribution in [2.24, 2.45) is 5.92 Å². The van der Waals surface area contributed by atoms with Crippen molar-refractivity contribution >= 4 is 29.0 Å². The molecule has 1 fully saturated rings. The zero-order valence-corrected chi connectivity index (χ0v) is 20.6. The Labute approximate surface area is 219 Å². The molecule has 0 radical (unpaired) electrons. The van der Waals surface area contributed by atoms with Gasteiger partial charge >= 0.3 is 6.36 Å². The first-order valence-electron chi connectivity index (χ1n) is 12.2. The summed E-state index contributed by atoms with van der Waals surface area (Å²) in [6.45, 7) is 2.07. The smallest absolute Gasteiger partial charge is 0.405 e. The lowest BCUT2D eigenvalue weighted by molar-refractivity contribution is -0.274. The van der Waals surface area contributed by atoms with Gasteiger partial charge in [-0.15, -0.1) is 18.3 Å². The number of hydrogen-bond donors (Lipinski definition) is 2. The van der Waals surface area contributed by atoms with Crippen LogP contribution in [0.3, 0.4) is 0 Å². The van der Waals surface area contributed by atoms with E-state index in [1.807, 2.05) is 6.92 Å². The number of carbonyl (C=O) groups is 2.